The number of sulfonamides is 1. The Morgan fingerprint density at radius 1 is 1.23 bits per heavy atom. The molecule has 0 heterocycles. The van der Waals surface area contributed by atoms with Crippen molar-refractivity contribution in [2.24, 2.45) is 0 Å². The van der Waals surface area contributed by atoms with Crippen LogP contribution in [0.1, 0.15) is 6.42 Å². The van der Waals surface area contributed by atoms with Gasteiger partial charge in [0.2, 0.25) is 10.0 Å². The number of nitrogens with one attached hydrogen (secondary N) is 1. The van der Waals surface area contributed by atoms with Crippen LogP contribution >= 0.6 is 0 Å². The van der Waals surface area contributed by atoms with Gasteiger partial charge in [-0.25, -0.2) is 21.6 Å². The molecule has 0 aromatic rings. The van der Waals surface area contributed by atoms with Gasteiger partial charge >= 0.3 is 0 Å². The summed E-state index contributed by atoms with van der Waals surface area (Å²) in [6, 6.07) is 0. The average molecular weight is 231 g/mol. The van der Waals surface area contributed by atoms with Gasteiger partial charge in [0.15, 0.2) is 14.9 Å². The lowest BCUT2D eigenvalue weighted by molar-refractivity contribution is 0.289. The topological polar surface area (TPSA) is 101 Å². The van der Waals surface area contributed by atoms with E-state index in [1.54, 1.807) is 0 Å². The second-order valence-electron chi connectivity index (χ2n) is 2.63. The zero-order chi connectivity index (χ0) is 10.5. The predicted octanol–water partition coefficient (Wildman–Crippen LogP) is -1.71. The molecule has 0 atom stereocenters. The quantitative estimate of drug-likeness (QED) is 0.530. The van der Waals surface area contributed by atoms with Crippen LogP contribution in [0, 0.1) is 0 Å². The standard InChI is InChI=1S/C5H13NO5S2/c1-12(8,9)5-13(10,11)6-3-2-4-7/h6-7H,2-5H2,1H3. The molecule has 0 rings (SSSR count). The van der Waals surface area contributed by atoms with E-state index < -0.39 is 24.9 Å². The molecule has 13 heavy (non-hydrogen) atoms. The van der Waals surface area contributed by atoms with Crippen molar-refractivity contribution in [3.8, 4) is 0 Å². The van der Waals surface area contributed by atoms with E-state index in [2.05, 4.69) is 0 Å². The van der Waals surface area contributed by atoms with E-state index in [9.17, 15) is 16.8 Å². The van der Waals surface area contributed by atoms with Crippen molar-refractivity contribution in [2.45, 2.75) is 6.42 Å². The summed E-state index contributed by atoms with van der Waals surface area (Å²) < 4.78 is 45.2. The Bertz CT molecular complexity index is 330. The summed E-state index contributed by atoms with van der Waals surface area (Å²) >= 11 is 0. The molecule has 0 saturated carbocycles. The Balaban J connectivity index is 4.12. The number of aliphatic hydroxyl groups excluding tert-OH is 1. The third-order valence-electron chi connectivity index (χ3n) is 1.03. The van der Waals surface area contributed by atoms with Crippen molar-refractivity contribution in [3.63, 3.8) is 0 Å². The van der Waals surface area contributed by atoms with E-state index in [1.807, 2.05) is 4.72 Å². The second kappa shape index (κ2) is 4.89. The van der Waals surface area contributed by atoms with E-state index >= 15 is 0 Å². The maximum Gasteiger partial charge on any atom is 0.226 e. The van der Waals surface area contributed by atoms with Gasteiger partial charge in [0.1, 0.15) is 0 Å². The highest BCUT2D eigenvalue weighted by Gasteiger charge is 2.16. The van der Waals surface area contributed by atoms with Gasteiger partial charge in [-0.05, 0) is 6.42 Å². The summed E-state index contributed by atoms with van der Waals surface area (Å²) in [7, 11) is -7.29. The molecule has 0 bridgehead atoms. The van der Waals surface area contributed by atoms with Crippen LogP contribution in [-0.2, 0) is 19.9 Å². The molecule has 8 heteroatoms. The van der Waals surface area contributed by atoms with E-state index in [4.69, 9.17) is 5.11 Å². The third kappa shape index (κ3) is 8.16. The zero-order valence-corrected chi connectivity index (χ0v) is 8.86. The summed E-state index contributed by atoms with van der Waals surface area (Å²) in [6.07, 6.45) is 1.11. The minimum Gasteiger partial charge on any atom is -0.396 e. The van der Waals surface area contributed by atoms with Crippen LogP contribution in [0.2, 0.25) is 0 Å². The fourth-order valence-electron chi connectivity index (χ4n) is 0.630. The first-order valence-electron chi connectivity index (χ1n) is 3.53. The normalized spacial score (nSPS) is 13.1. The molecule has 6 nitrogen and oxygen atoms in total. The molecule has 0 radical (unpaired) electrons. The number of rotatable bonds is 6. The van der Waals surface area contributed by atoms with Crippen LogP contribution in [-0.4, -0.2) is 46.4 Å². The fourth-order valence-corrected chi connectivity index (χ4v) is 3.67. The van der Waals surface area contributed by atoms with Gasteiger partial charge in [-0.2, -0.15) is 0 Å². The molecular formula is C5H13NO5S2. The van der Waals surface area contributed by atoms with Crippen LogP contribution in [0.15, 0.2) is 0 Å². The molecule has 0 amide bonds. The largest absolute Gasteiger partial charge is 0.396 e. The lowest BCUT2D eigenvalue weighted by Crippen LogP contribution is -2.30. The van der Waals surface area contributed by atoms with E-state index in [1.165, 1.54) is 0 Å². The van der Waals surface area contributed by atoms with Crippen LogP contribution in [0.25, 0.3) is 0 Å². The molecule has 0 saturated heterocycles. The predicted molar refractivity (Wildman–Crippen MR) is 48.3 cm³/mol. The molecule has 0 unspecified atom stereocenters. The van der Waals surface area contributed by atoms with E-state index in [0.717, 1.165) is 6.26 Å². The van der Waals surface area contributed by atoms with Crippen molar-refractivity contribution < 1.29 is 21.9 Å². The van der Waals surface area contributed by atoms with Gasteiger partial charge in [-0.15, -0.1) is 0 Å². The summed E-state index contributed by atoms with van der Waals surface area (Å²) in [5.41, 5.74) is 0. The molecule has 0 spiro atoms. The second-order valence-corrected chi connectivity index (χ2v) is 6.94. The smallest absolute Gasteiger partial charge is 0.226 e. The molecule has 80 valence electrons. The van der Waals surface area contributed by atoms with Crippen molar-refractivity contribution in [1.29, 1.82) is 0 Å². The van der Waals surface area contributed by atoms with Crippen molar-refractivity contribution >= 4 is 19.9 Å². The molecule has 0 aliphatic carbocycles. The van der Waals surface area contributed by atoms with Crippen LogP contribution in [0.3, 0.4) is 0 Å². The van der Waals surface area contributed by atoms with Gasteiger partial charge in [0.05, 0.1) is 0 Å². The first-order chi connectivity index (χ1) is 5.77. The molecule has 0 aliphatic rings. The number of hydrogen-bond acceptors (Lipinski definition) is 5. The number of sulfone groups is 1. The lowest BCUT2D eigenvalue weighted by atomic mass is 10.5. The van der Waals surface area contributed by atoms with Crippen LogP contribution in [0.5, 0.6) is 0 Å². The van der Waals surface area contributed by atoms with Crippen LogP contribution < -0.4 is 4.72 Å². The molecular weight excluding hydrogens is 218 g/mol. The first kappa shape index (κ1) is 12.8. The van der Waals surface area contributed by atoms with Crippen LogP contribution in [0.4, 0.5) is 0 Å². The molecule has 0 aromatic carbocycles. The van der Waals surface area contributed by atoms with Gasteiger partial charge in [-0.3, -0.25) is 0 Å². The highest BCUT2D eigenvalue weighted by molar-refractivity contribution is 8.06. The van der Waals surface area contributed by atoms with Crippen molar-refractivity contribution in [1.82, 2.24) is 4.72 Å². The molecule has 2 N–H and O–H groups in total. The summed E-state index contributed by atoms with van der Waals surface area (Å²) in [4.78, 5) is 0. The molecule has 0 aromatic heterocycles. The Hall–Kier alpha value is -0.180. The Morgan fingerprint density at radius 2 is 1.77 bits per heavy atom. The zero-order valence-electron chi connectivity index (χ0n) is 7.23. The van der Waals surface area contributed by atoms with Gasteiger partial charge in [-0.1, -0.05) is 0 Å². The number of aliphatic hydroxyl groups is 1. The molecule has 0 aliphatic heterocycles. The highest BCUT2D eigenvalue weighted by atomic mass is 32.3. The van der Waals surface area contributed by atoms with E-state index in [-0.39, 0.29) is 19.6 Å². The minimum absolute atomic E-state index is 0.0500. The van der Waals surface area contributed by atoms with Crippen molar-refractivity contribution in [3.05, 3.63) is 0 Å². The van der Waals surface area contributed by atoms with Gasteiger partial charge in [0, 0.05) is 19.4 Å². The monoisotopic (exact) mass is 231 g/mol. The maximum atomic E-state index is 10.9. The first-order valence-corrected chi connectivity index (χ1v) is 7.24. The third-order valence-corrected chi connectivity index (χ3v) is 4.62. The Labute approximate surface area is 77.9 Å². The highest BCUT2D eigenvalue weighted by Crippen LogP contribution is 1.91. The van der Waals surface area contributed by atoms with Gasteiger partial charge < -0.3 is 5.11 Å². The fraction of sp³-hybridized carbons (Fsp3) is 1.00. The Morgan fingerprint density at radius 3 is 2.15 bits per heavy atom. The maximum absolute atomic E-state index is 10.9. The number of hydrogen-bond donors (Lipinski definition) is 2. The van der Waals surface area contributed by atoms with Crippen molar-refractivity contribution in [2.75, 3.05) is 24.5 Å². The summed E-state index contributed by atoms with van der Waals surface area (Å²) in [5.74, 6) is 0. The average Bonchev–Trinajstić information content (AvgIpc) is 1.81. The Kier molecular flexibility index (Phi) is 4.82. The lowest BCUT2D eigenvalue weighted by Gasteiger charge is -2.03. The summed E-state index contributed by atoms with van der Waals surface area (Å²) in [5, 5.41) is 7.43. The van der Waals surface area contributed by atoms with E-state index in [0.29, 0.717) is 0 Å². The van der Waals surface area contributed by atoms with Gasteiger partial charge in [0.25, 0.3) is 0 Å². The summed E-state index contributed by atoms with van der Waals surface area (Å²) in [6.45, 7) is -0.0876. The SMILES string of the molecule is CS(=O)(=O)CS(=O)(=O)NCCCO. The minimum atomic E-state index is -3.76. The molecule has 0 fully saturated rings.